The molecule has 6 heteroatoms. The largest absolute Gasteiger partial charge is 0.467 e. The van der Waals surface area contributed by atoms with E-state index < -0.39 is 6.98 Å². The van der Waals surface area contributed by atoms with Crippen molar-refractivity contribution >= 4 is 5.82 Å². The summed E-state index contributed by atoms with van der Waals surface area (Å²) in [5, 5.41) is 12.1. The highest BCUT2D eigenvalue weighted by atomic mass is 16.7. The molecule has 1 aliphatic rings. The molecule has 3 rings (SSSR count). The summed E-state index contributed by atoms with van der Waals surface area (Å²) in [6.07, 6.45) is 7.23. The molecule has 0 bridgehead atoms. The molecule has 2 aromatic rings. The minimum absolute atomic E-state index is 0.00808. The van der Waals surface area contributed by atoms with Crippen LogP contribution in [-0.4, -0.2) is 54.6 Å². The molecule has 1 atom stereocenters. The van der Waals surface area contributed by atoms with Gasteiger partial charge in [-0.1, -0.05) is 5.92 Å². The van der Waals surface area contributed by atoms with Gasteiger partial charge in [-0.05, 0) is 70.0 Å². The van der Waals surface area contributed by atoms with E-state index in [4.69, 9.17) is 20.0 Å². The number of piperidine rings is 1. The fraction of sp³-hybridized carbons (Fsp3) is 0.455. The Kier molecular flexibility index (Phi) is 5.57. The fourth-order valence-electron chi connectivity index (χ4n) is 3.24. The Morgan fingerprint density at radius 3 is 3.04 bits per heavy atom. The molecule has 0 radical (unpaired) electrons. The molecule has 1 fully saturated rings. The van der Waals surface area contributed by atoms with Crippen molar-refractivity contribution in [3.63, 3.8) is 0 Å². The average Bonchev–Trinajstić information content (AvgIpc) is 2.74. The zero-order chi connectivity index (χ0) is 22.4. The van der Waals surface area contributed by atoms with Crippen molar-refractivity contribution in [2.45, 2.75) is 32.7 Å². The van der Waals surface area contributed by atoms with Crippen LogP contribution in [0.5, 0.6) is 5.75 Å². The molecule has 0 spiro atoms. The van der Waals surface area contributed by atoms with Crippen molar-refractivity contribution < 1.29 is 13.6 Å². The Balaban J connectivity index is 1.79. The van der Waals surface area contributed by atoms with Gasteiger partial charge in [0.15, 0.2) is 6.79 Å². The summed E-state index contributed by atoms with van der Waals surface area (Å²) in [4.78, 5) is 1.53. The number of likely N-dealkylation sites (tertiary alicyclic amines) is 1. The lowest BCUT2D eigenvalue weighted by Crippen LogP contribution is -2.39. The maximum absolute atomic E-state index is 7.63. The van der Waals surface area contributed by atoms with E-state index in [-0.39, 0.29) is 12.8 Å². The molecular formula is C22H28N4O2. The van der Waals surface area contributed by atoms with Crippen LogP contribution in [0.25, 0.3) is 11.3 Å². The third-order valence-corrected chi connectivity index (χ3v) is 4.66. The molecule has 1 aromatic carbocycles. The molecule has 2 heterocycles. The van der Waals surface area contributed by atoms with Gasteiger partial charge in [0.2, 0.25) is 0 Å². The van der Waals surface area contributed by atoms with Gasteiger partial charge in [-0.3, -0.25) is 0 Å². The monoisotopic (exact) mass is 383 g/mol. The first kappa shape index (κ1) is 16.3. The van der Waals surface area contributed by atoms with Crippen LogP contribution in [0.2, 0.25) is 0 Å². The predicted octanol–water partition coefficient (Wildman–Crippen LogP) is 3.31. The van der Waals surface area contributed by atoms with E-state index in [1.54, 1.807) is 6.07 Å². The van der Waals surface area contributed by atoms with E-state index >= 15 is 0 Å². The zero-order valence-corrected chi connectivity index (χ0v) is 16.4. The van der Waals surface area contributed by atoms with Crippen LogP contribution in [0.4, 0.5) is 5.82 Å². The highest BCUT2D eigenvalue weighted by Crippen LogP contribution is 2.32. The van der Waals surface area contributed by atoms with Crippen LogP contribution in [0.3, 0.4) is 0 Å². The summed E-state index contributed by atoms with van der Waals surface area (Å²) < 4.78 is 34.0. The van der Waals surface area contributed by atoms with E-state index in [0.29, 0.717) is 42.5 Å². The number of aryl methyl sites for hydroxylation is 1. The van der Waals surface area contributed by atoms with Gasteiger partial charge in [0.1, 0.15) is 11.6 Å². The number of ether oxygens (including phenoxy) is 2. The van der Waals surface area contributed by atoms with Crippen LogP contribution < -0.4 is 10.1 Å². The average molecular weight is 384 g/mol. The van der Waals surface area contributed by atoms with Crippen LogP contribution in [-0.2, 0) is 4.74 Å². The van der Waals surface area contributed by atoms with Crippen molar-refractivity contribution in [1.82, 2.24) is 15.1 Å². The summed E-state index contributed by atoms with van der Waals surface area (Å²) in [5.74, 6) is 3.82. The predicted molar refractivity (Wildman–Crippen MR) is 111 cm³/mol. The normalized spacial score (nSPS) is 19.2. The first-order chi connectivity index (χ1) is 14.8. The molecule has 1 aliphatic heterocycles. The first-order valence-electron chi connectivity index (χ1n) is 11.0. The Morgan fingerprint density at radius 1 is 1.39 bits per heavy atom. The van der Waals surface area contributed by atoms with Gasteiger partial charge < -0.3 is 19.7 Å². The number of nitrogens with zero attached hydrogens (tertiary/aromatic N) is 3. The fourth-order valence-corrected chi connectivity index (χ4v) is 3.24. The highest BCUT2D eigenvalue weighted by molar-refractivity contribution is 5.71. The number of hydrogen-bond donors (Lipinski definition) is 1. The second-order valence-corrected chi connectivity index (χ2v) is 6.80. The van der Waals surface area contributed by atoms with Gasteiger partial charge in [0.05, 0.1) is 5.69 Å². The second-order valence-electron chi connectivity index (χ2n) is 6.80. The lowest BCUT2D eigenvalue weighted by atomic mass is 10.0. The second kappa shape index (κ2) is 9.54. The topological polar surface area (TPSA) is 59.5 Å². The summed E-state index contributed by atoms with van der Waals surface area (Å²) >= 11 is 0. The first-order valence-corrected chi connectivity index (χ1v) is 9.49. The number of anilines is 1. The van der Waals surface area contributed by atoms with Gasteiger partial charge in [-0.2, -0.15) is 0 Å². The number of nitrogens with one attached hydrogen (secondary N) is 1. The molecule has 28 heavy (non-hydrogen) atoms. The van der Waals surface area contributed by atoms with Crippen LogP contribution in [0.1, 0.15) is 35.0 Å². The zero-order valence-electron chi connectivity index (χ0n) is 19.4. The smallest absolute Gasteiger partial charge is 0.189 e. The minimum atomic E-state index is -2.08. The van der Waals surface area contributed by atoms with E-state index in [2.05, 4.69) is 21.4 Å². The molecule has 6 nitrogen and oxygen atoms in total. The molecule has 1 aromatic heterocycles. The van der Waals surface area contributed by atoms with E-state index in [1.807, 2.05) is 32.0 Å². The molecule has 0 amide bonds. The van der Waals surface area contributed by atoms with Gasteiger partial charge in [0, 0.05) is 34.4 Å². The van der Waals surface area contributed by atoms with Crippen molar-refractivity contribution in [2.75, 3.05) is 38.8 Å². The molecule has 0 aliphatic carbocycles. The molecular weight excluding hydrogens is 352 g/mol. The summed E-state index contributed by atoms with van der Waals surface area (Å²) in [6.45, 7) is 3.46. The maximum Gasteiger partial charge on any atom is 0.189 e. The van der Waals surface area contributed by atoms with Gasteiger partial charge in [0.25, 0.3) is 0 Å². The van der Waals surface area contributed by atoms with Gasteiger partial charge >= 0.3 is 0 Å². The summed E-state index contributed by atoms with van der Waals surface area (Å²) in [6, 6.07) is 7.41. The molecule has 0 saturated carbocycles. The van der Waals surface area contributed by atoms with Crippen LogP contribution >= 0.6 is 0 Å². The Morgan fingerprint density at radius 2 is 2.29 bits per heavy atom. The van der Waals surface area contributed by atoms with Crippen molar-refractivity contribution in [3.05, 3.63) is 35.4 Å². The number of benzene rings is 1. The number of aromatic nitrogens is 2. The summed E-state index contributed by atoms with van der Waals surface area (Å²) in [5.41, 5.74) is 3.08. The number of likely N-dealkylation sites (N-methyl/N-ethyl adjacent to an activating group) is 1. The standard InChI is InChI=1S/C22H28N4O2/c1-5-17-9-10-19(20(13-17)28-15-27-6-2)22-16(3)12-21(24-25-22)23-18-8-7-11-26(4)14-18/h1,9-10,12-13,18H,6-8,11,14-15H2,2-4H3,(H,23,24)/t18-/m1/s1/i4D3. The third-order valence-electron chi connectivity index (χ3n) is 4.66. The van der Waals surface area contributed by atoms with Gasteiger partial charge in [-0.15, -0.1) is 16.6 Å². The molecule has 1 N–H and O–H groups in total. The number of terminal acetylenes is 1. The molecule has 148 valence electrons. The Hall–Kier alpha value is -2.62. The molecule has 1 saturated heterocycles. The Bertz CT molecular complexity index is 943. The van der Waals surface area contributed by atoms with Crippen molar-refractivity contribution in [3.8, 4) is 29.4 Å². The van der Waals surface area contributed by atoms with Crippen LogP contribution in [0.15, 0.2) is 24.3 Å². The number of rotatable bonds is 7. The van der Waals surface area contributed by atoms with E-state index in [1.165, 1.54) is 4.90 Å². The van der Waals surface area contributed by atoms with Crippen molar-refractivity contribution in [1.29, 1.82) is 0 Å². The number of hydrogen-bond acceptors (Lipinski definition) is 6. The quantitative estimate of drug-likeness (QED) is 0.450. The SMILES string of the molecule is [2H]C([2H])([2H])N1CCC[C@@H](Nc2cc(C)c(-c3ccc(C#C)cc3OCOCC)nn2)C1. The van der Waals surface area contributed by atoms with Gasteiger partial charge in [-0.25, -0.2) is 0 Å². The lowest BCUT2D eigenvalue weighted by Gasteiger charge is -2.30. The Labute approximate surface area is 171 Å². The van der Waals surface area contributed by atoms with E-state index in [0.717, 1.165) is 24.0 Å². The van der Waals surface area contributed by atoms with E-state index in [9.17, 15) is 0 Å². The maximum atomic E-state index is 7.63. The summed E-state index contributed by atoms with van der Waals surface area (Å²) in [7, 11) is 0. The highest BCUT2D eigenvalue weighted by Gasteiger charge is 2.18. The van der Waals surface area contributed by atoms with Crippen molar-refractivity contribution in [2.24, 2.45) is 0 Å². The lowest BCUT2D eigenvalue weighted by molar-refractivity contribution is 0.0227. The molecule has 0 unspecified atom stereocenters. The third kappa shape index (κ3) is 5.00. The minimum Gasteiger partial charge on any atom is -0.467 e. The van der Waals surface area contributed by atoms with Crippen LogP contribution in [0, 0.1) is 19.3 Å².